The van der Waals surface area contributed by atoms with Crippen LogP contribution < -0.4 is 21.7 Å². The van der Waals surface area contributed by atoms with Crippen molar-refractivity contribution in [1.29, 1.82) is 0 Å². The molecular weight excluding hydrogens is 316 g/mol. The zero-order valence-corrected chi connectivity index (χ0v) is 14.8. The summed E-state index contributed by atoms with van der Waals surface area (Å²) in [7, 11) is 0. The van der Waals surface area contributed by atoms with Gasteiger partial charge in [-0.25, -0.2) is 0 Å². The molecule has 24 heavy (non-hydrogen) atoms. The molecule has 0 aromatic heterocycles. The number of amides is 3. The largest absolute Gasteiger partial charge is 0.480 e. The number of aliphatic carboxylic acids is 1. The molecule has 0 spiro atoms. The van der Waals surface area contributed by atoms with Gasteiger partial charge in [-0.1, -0.05) is 27.7 Å². The van der Waals surface area contributed by atoms with Crippen molar-refractivity contribution in [2.75, 3.05) is 6.54 Å². The highest BCUT2D eigenvalue weighted by atomic mass is 16.4. The number of carbonyl (C=O) groups excluding carboxylic acids is 3. The third kappa shape index (κ3) is 6.95. The number of carboxylic acids is 1. The van der Waals surface area contributed by atoms with E-state index in [1.807, 2.05) is 0 Å². The van der Waals surface area contributed by atoms with E-state index in [-0.39, 0.29) is 18.4 Å². The van der Waals surface area contributed by atoms with Crippen molar-refractivity contribution in [2.45, 2.75) is 52.7 Å². The summed E-state index contributed by atoms with van der Waals surface area (Å²) in [5.41, 5.74) is 5.24. The molecule has 0 aliphatic carbocycles. The molecule has 9 nitrogen and oxygen atoms in total. The van der Waals surface area contributed by atoms with Crippen molar-refractivity contribution in [3.05, 3.63) is 0 Å². The lowest BCUT2D eigenvalue weighted by Crippen LogP contribution is -2.58. The van der Waals surface area contributed by atoms with E-state index in [1.54, 1.807) is 27.7 Å². The molecule has 0 aromatic rings. The first-order valence-electron chi connectivity index (χ1n) is 7.84. The minimum atomic E-state index is -1.17. The van der Waals surface area contributed by atoms with Crippen LogP contribution in [-0.4, -0.2) is 53.5 Å². The number of nitrogens with one attached hydrogen (secondary N) is 3. The van der Waals surface area contributed by atoms with Gasteiger partial charge in [-0.3, -0.25) is 19.2 Å². The fraction of sp³-hybridized carbons (Fsp3) is 0.733. The van der Waals surface area contributed by atoms with Crippen LogP contribution >= 0.6 is 0 Å². The van der Waals surface area contributed by atoms with E-state index in [2.05, 4.69) is 16.0 Å². The summed E-state index contributed by atoms with van der Waals surface area (Å²) < 4.78 is 0. The number of carbonyl (C=O) groups is 4. The highest BCUT2D eigenvalue weighted by Crippen LogP contribution is 2.07. The van der Waals surface area contributed by atoms with Gasteiger partial charge in [0.1, 0.15) is 18.1 Å². The fourth-order valence-corrected chi connectivity index (χ4v) is 1.91. The average molecular weight is 344 g/mol. The third-order valence-electron chi connectivity index (χ3n) is 3.43. The maximum absolute atomic E-state index is 12.4. The Kier molecular flexibility index (Phi) is 8.97. The summed E-state index contributed by atoms with van der Waals surface area (Å²) in [6.07, 6.45) is 0. The molecule has 3 atom stereocenters. The molecule has 0 saturated carbocycles. The van der Waals surface area contributed by atoms with Crippen molar-refractivity contribution in [3.63, 3.8) is 0 Å². The summed E-state index contributed by atoms with van der Waals surface area (Å²) in [5, 5.41) is 16.3. The van der Waals surface area contributed by atoms with E-state index in [0.717, 1.165) is 0 Å². The van der Waals surface area contributed by atoms with E-state index < -0.39 is 41.8 Å². The molecule has 3 unspecified atom stereocenters. The third-order valence-corrected chi connectivity index (χ3v) is 3.43. The van der Waals surface area contributed by atoms with Gasteiger partial charge in [-0.2, -0.15) is 0 Å². The van der Waals surface area contributed by atoms with Crippen molar-refractivity contribution in [2.24, 2.45) is 17.6 Å². The van der Waals surface area contributed by atoms with Crippen LogP contribution in [0.15, 0.2) is 0 Å². The molecule has 0 bridgehead atoms. The first-order valence-corrected chi connectivity index (χ1v) is 7.84. The van der Waals surface area contributed by atoms with E-state index in [9.17, 15) is 19.2 Å². The van der Waals surface area contributed by atoms with E-state index in [0.29, 0.717) is 0 Å². The molecule has 6 N–H and O–H groups in total. The van der Waals surface area contributed by atoms with Crippen LogP contribution in [0, 0.1) is 11.8 Å². The maximum atomic E-state index is 12.4. The Morgan fingerprint density at radius 1 is 0.833 bits per heavy atom. The van der Waals surface area contributed by atoms with Gasteiger partial charge in [0, 0.05) is 0 Å². The molecule has 0 saturated heterocycles. The first-order chi connectivity index (χ1) is 11.0. The molecule has 0 aliphatic heterocycles. The van der Waals surface area contributed by atoms with E-state index >= 15 is 0 Å². The van der Waals surface area contributed by atoms with E-state index in [1.165, 1.54) is 6.92 Å². The van der Waals surface area contributed by atoms with Gasteiger partial charge in [-0.15, -0.1) is 0 Å². The Morgan fingerprint density at radius 2 is 1.25 bits per heavy atom. The topological polar surface area (TPSA) is 151 Å². The average Bonchev–Trinajstić information content (AvgIpc) is 2.48. The normalized spacial score (nSPS) is 14.7. The minimum absolute atomic E-state index is 0.214. The van der Waals surface area contributed by atoms with Crippen LogP contribution in [0.3, 0.4) is 0 Å². The van der Waals surface area contributed by atoms with Gasteiger partial charge in [0.2, 0.25) is 17.7 Å². The monoisotopic (exact) mass is 344 g/mol. The van der Waals surface area contributed by atoms with Crippen LogP contribution in [-0.2, 0) is 19.2 Å². The lowest BCUT2D eigenvalue weighted by molar-refractivity contribution is -0.142. The molecule has 9 heteroatoms. The Balaban J connectivity index is 5.08. The van der Waals surface area contributed by atoms with Gasteiger partial charge < -0.3 is 26.8 Å². The van der Waals surface area contributed by atoms with Crippen LogP contribution in [0.2, 0.25) is 0 Å². The number of rotatable bonds is 9. The first kappa shape index (κ1) is 21.8. The molecule has 0 aromatic carbocycles. The van der Waals surface area contributed by atoms with Crippen molar-refractivity contribution < 1.29 is 24.3 Å². The van der Waals surface area contributed by atoms with Crippen LogP contribution in [0.25, 0.3) is 0 Å². The zero-order chi connectivity index (χ0) is 19.0. The molecule has 3 amide bonds. The summed E-state index contributed by atoms with van der Waals surface area (Å²) in [5.74, 6) is -3.26. The Hall–Kier alpha value is -2.16. The zero-order valence-electron chi connectivity index (χ0n) is 14.8. The molecule has 0 radical (unpaired) electrons. The second kappa shape index (κ2) is 9.86. The lowest BCUT2D eigenvalue weighted by Gasteiger charge is -2.27. The summed E-state index contributed by atoms with van der Waals surface area (Å²) in [6.45, 7) is 8.02. The minimum Gasteiger partial charge on any atom is -0.480 e. The molecule has 0 fully saturated rings. The SMILES string of the molecule is CC(NC(=O)C(NC(=O)C(NC(=O)CN)C(C)C)C(C)C)C(=O)O. The number of hydrogen-bond acceptors (Lipinski definition) is 5. The van der Waals surface area contributed by atoms with Crippen molar-refractivity contribution >= 4 is 23.7 Å². The summed E-state index contributed by atoms with van der Waals surface area (Å²) >= 11 is 0. The van der Waals surface area contributed by atoms with Crippen LogP contribution in [0.1, 0.15) is 34.6 Å². The van der Waals surface area contributed by atoms with Crippen LogP contribution in [0.4, 0.5) is 0 Å². The smallest absolute Gasteiger partial charge is 0.325 e. The number of hydrogen-bond donors (Lipinski definition) is 5. The highest BCUT2D eigenvalue weighted by molar-refractivity contribution is 5.93. The van der Waals surface area contributed by atoms with Crippen LogP contribution in [0.5, 0.6) is 0 Å². The van der Waals surface area contributed by atoms with Gasteiger partial charge in [0.05, 0.1) is 6.54 Å². The lowest BCUT2D eigenvalue weighted by atomic mass is 9.99. The predicted octanol–water partition coefficient (Wildman–Crippen LogP) is -1.18. The molecular formula is C15H28N4O5. The van der Waals surface area contributed by atoms with Gasteiger partial charge >= 0.3 is 5.97 Å². The molecule has 138 valence electrons. The molecule has 0 rings (SSSR count). The van der Waals surface area contributed by atoms with Crippen molar-refractivity contribution in [3.8, 4) is 0 Å². The maximum Gasteiger partial charge on any atom is 0.325 e. The Labute approximate surface area is 141 Å². The quantitative estimate of drug-likeness (QED) is 0.355. The number of carboxylic acid groups (broad SMARTS) is 1. The summed E-state index contributed by atoms with van der Waals surface area (Å²) in [6, 6.07) is -2.84. The Bertz CT molecular complexity index is 478. The second-order valence-electron chi connectivity index (χ2n) is 6.29. The van der Waals surface area contributed by atoms with Gasteiger partial charge in [-0.05, 0) is 18.8 Å². The van der Waals surface area contributed by atoms with E-state index in [4.69, 9.17) is 10.8 Å². The van der Waals surface area contributed by atoms with Gasteiger partial charge in [0.15, 0.2) is 0 Å². The molecule has 0 heterocycles. The second-order valence-corrected chi connectivity index (χ2v) is 6.29. The number of nitrogens with two attached hydrogens (primary N) is 1. The molecule has 0 aliphatic rings. The van der Waals surface area contributed by atoms with Gasteiger partial charge in [0.25, 0.3) is 0 Å². The fourth-order valence-electron chi connectivity index (χ4n) is 1.91. The summed E-state index contributed by atoms with van der Waals surface area (Å²) in [4.78, 5) is 46.9. The predicted molar refractivity (Wildman–Crippen MR) is 87.8 cm³/mol. The van der Waals surface area contributed by atoms with Crippen molar-refractivity contribution in [1.82, 2.24) is 16.0 Å². The Morgan fingerprint density at radius 3 is 1.62 bits per heavy atom. The standard InChI is InChI=1S/C15H28N4O5/c1-7(2)11(18-10(20)6-16)14(22)19-12(8(3)4)13(21)17-9(5)15(23)24/h7-9,11-12H,6,16H2,1-5H3,(H,17,21)(H,18,20)(H,19,22)(H,23,24). The highest BCUT2D eigenvalue weighted by Gasteiger charge is 2.31.